The summed E-state index contributed by atoms with van der Waals surface area (Å²) in [5, 5.41) is 2.81. The molecule has 2 aromatic rings. The van der Waals surface area contributed by atoms with E-state index in [1.165, 1.54) is 0 Å². The second-order valence-electron chi connectivity index (χ2n) is 6.23. The van der Waals surface area contributed by atoms with Gasteiger partial charge in [-0.2, -0.15) is 0 Å². The summed E-state index contributed by atoms with van der Waals surface area (Å²) in [7, 11) is 0. The number of primary amides is 1. The Labute approximate surface area is 147 Å². The van der Waals surface area contributed by atoms with Crippen LogP contribution in [-0.4, -0.2) is 29.9 Å². The van der Waals surface area contributed by atoms with Crippen molar-refractivity contribution >= 4 is 17.6 Å². The SMILES string of the molecule is NC(=O)[C@@H](NC(=O)[C@H]1CCCN(c2ccccn2)C1)c1ccccc1. The van der Waals surface area contributed by atoms with Gasteiger partial charge in [-0.25, -0.2) is 4.98 Å². The number of nitrogens with two attached hydrogens (primary N) is 1. The predicted octanol–water partition coefficient (Wildman–Crippen LogP) is 1.64. The number of nitrogens with one attached hydrogen (secondary N) is 1. The van der Waals surface area contributed by atoms with Gasteiger partial charge in [-0.3, -0.25) is 9.59 Å². The molecular formula is C19H22N4O2. The first-order valence-corrected chi connectivity index (χ1v) is 8.46. The Bertz CT molecular complexity index is 721. The third-order valence-corrected chi connectivity index (χ3v) is 4.47. The summed E-state index contributed by atoms with van der Waals surface area (Å²) in [6, 6.07) is 14.0. The molecule has 1 aliphatic rings. The maximum Gasteiger partial charge on any atom is 0.244 e. The van der Waals surface area contributed by atoms with Crippen molar-refractivity contribution in [2.24, 2.45) is 11.7 Å². The first-order chi connectivity index (χ1) is 12.1. The van der Waals surface area contributed by atoms with Crippen molar-refractivity contribution in [2.45, 2.75) is 18.9 Å². The molecule has 0 radical (unpaired) electrons. The average molecular weight is 338 g/mol. The fourth-order valence-corrected chi connectivity index (χ4v) is 3.16. The molecule has 1 aromatic heterocycles. The molecule has 0 saturated carbocycles. The van der Waals surface area contributed by atoms with Crippen LogP contribution in [0.3, 0.4) is 0 Å². The summed E-state index contributed by atoms with van der Waals surface area (Å²) in [5.41, 5.74) is 6.19. The van der Waals surface area contributed by atoms with E-state index in [4.69, 9.17) is 5.73 Å². The number of carbonyl (C=O) groups is 2. The van der Waals surface area contributed by atoms with Crippen LogP contribution in [0.5, 0.6) is 0 Å². The van der Waals surface area contributed by atoms with Gasteiger partial charge in [-0.1, -0.05) is 36.4 Å². The summed E-state index contributed by atoms with van der Waals surface area (Å²) in [6.45, 7) is 1.46. The lowest BCUT2D eigenvalue weighted by Gasteiger charge is -2.33. The van der Waals surface area contributed by atoms with Crippen LogP contribution in [0.15, 0.2) is 54.7 Å². The Kier molecular flexibility index (Phi) is 5.28. The number of piperidine rings is 1. The van der Waals surface area contributed by atoms with E-state index in [-0.39, 0.29) is 11.8 Å². The first-order valence-electron chi connectivity index (χ1n) is 8.46. The smallest absolute Gasteiger partial charge is 0.244 e. The molecule has 0 bridgehead atoms. The highest BCUT2D eigenvalue weighted by atomic mass is 16.2. The fraction of sp³-hybridized carbons (Fsp3) is 0.316. The van der Waals surface area contributed by atoms with Crippen molar-refractivity contribution < 1.29 is 9.59 Å². The molecule has 0 spiro atoms. The number of pyridine rings is 1. The van der Waals surface area contributed by atoms with Gasteiger partial charge in [0.05, 0.1) is 5.92 Å². The molecular weight excluding hydrogens is 316 g/mol. The highest BCUT2D eigenvalue weighted by Crippen LogP contribution is 2.22. The Balaban J connectivity index is 1.68. The molecule has 1 aliphatic heterocycles. The van der Waals surface area contributed by atoms with Crippen molar-refractivity contribution in [1.82, 2.24) is 10.3 Å². The minimum Gasteiger partial charge on any atom is -0.368 e. The van der Waals surface area contributed by atoms with Gasteiger partial charge in [0.25, 0.3) is 0 Å². The third-order valence-electron chi connectivity index (χ3n) is 4.47. The second kappa shape index (κ2) is 7.79. The number of nitrogens with zero attached hydrogens (tertiary/aromatic N) is 2. The number of aromatic nitrogens is 1. The highest BCUT2D eigenvalue weighted by molar-refractivity contribution is 5.88. The summed E-state index contributed by atoms with van der Waals surface area (Å²) >= 11 is 0. The minimum atomic E-state index is -0.807. The molecule has 25 heavy (non-hydrogen) atoms. The van der Waals surface area contributed by atoms with Gasteiger partial charge >= 0.3 is 0 Å². The molecule has 0 aliphatic carbocycles. The van der Waals surface area contributed by atoms with E-state index < -0.39 is 11.9 Å². The minimum absolute atomic E-state index is 0.145. The van der Waals surface area contributed by atoms with Crippen molar-refractivity contribution in [2.75, 3.05) is 18.0 Å². The highest BCUT2D eigenvalue weighted by Gasteiger charge is 2.29. The van der Waals surface area contributed by atoms with Gasteiger partial charge in [0.1, 0.15) is 11.9 Å². The maximum absolute atomic E-state index is 12.7. The Morgan fingerprint density at radius 2 is 1.92 bits per heavy atom. The van der Waals surface area contributed by atoms with Gasteiger partial charge in [0, 0.05) is 19.3 Å². The van der Waals surface area contributed by atoms with Gasteiger partial charge in [-0.15, -0.1) is 0 Å². The molecule has 2 heterocycles. The van der Waals surface area contributed by atoms with Crippen LogP contribution in [0.2, 0.25) is 0 Å². The van der Waals surface area contributed by atoms with Crippen LogP contribution in [0.4, 0.5) is 5.82 Å². The van der Waals surface area contributed by atoms with Crippen molar-refractivity contribution in [3.8, 4) is 0 Å². The van der Waals surface area contributed by atoms with Gasteiger partial charge in [0.2, 0.25) is 11.8 Å². The largest absolute Gasteiger partial charge is 0.368 e. The molecule has 3 N–H and O–H groups in total. The average Bonchev–Trinajstić information content (AvgIpc) is 2.67. The summed E-state index contributed by atoms with van der Waals surface area (Å²) in [5.74, 6) is -0.0268. The summed E-state index contributed by atoms with van der Waals surface area (Å²) in [4.78, 5) is 30.9. The number of amides is 2. The topological polar surface area (TPSA) is 88.3 Å². The monoisotopic (exact) mass is 338 g/mol. The van der Waals surface area contributed by atoms with Gasteiger partial charge in [-0.05, 0) is 30.5 Å². The zero-order valence-corrected chi connectivity index (χ0v) is 14.0. The second-order valence-corrected chi connectivity index (χ2v) is 6.23. The fourth-order valence-electron chi connectivity index (χ4n) is 3.16. The Morgan fingerprint density at radius 1 is 1.16 bits per heavy atom. The van der Waals surface area contributed by atoms with Crippen LogP contribution in [0.1, 0.15) is 24.4 Å². The first kappa shape index (κ1) is 17.0. The zero-order chi connectivity index (χ0) is 17.6. The molecule has 2 amide bonds. The van der Waals surface area contributed by atoms with Crippen LogP contribution < -0.4 is 16.0 Å². The molecule has 1 fully saturated rings. The number of benzene rings is 1. The van der Waals surface area contributed by atoms with E-state index in [1.807, 2.05) is 36.4 Å². The number of hydrogen-bond acceptors (Lipinski definition) is 4. The Hall–Kier alpha value is -2.89. The number of carbonyl (C=O) groups excluding carboxylic acids is 2. The standard InChI is InChI=1S/C19H22N4O2/c20-18(24)17(14-7-2-1-3-8-14)22-19(25)15-9-6-12-23(13-15)16-10-4-5-11-21-16/h1-5,7-8,10-11,15,17H,6,9,12-13H2,(H2,20,24)(H,22,25)/t15-,17-/m0/s1. The lowest BCUT2D eigenvalue weighted by molar-refractivity contribution is -0.130. The number of anilines is 1. The van der Waals surface area contributed by atoms with Gasteiger partial charge < -0.3 is 16.0 Å². The third kappa shape index (κ3) is 4.15. The van der Waals surface area contributed by atoms with Crippen molar-refractivity contribution in [3.05, 3.63) is 60.3 Å². The van der Waals surface area contributed by atoms with Crippen molar-refractivity contribution in [1.29, 1.82) is 0 Å². The molecule has 3 rings (SSSR count). The van der Waals surface area contributed by atoms with E-state index in [0.717, 1.165) is 25.2 Å². The molecule has 1 aromatic carbocycles. The van der Waals surface area contributed by atoms with E-state index in [2.05, 4.69) is 15.2 Å². The van der Waals surface area contributed by atoms with E-state index in [0.29, 0.717) is 12.1 Å². The van der Waals surface area contributed by atoms with E-state index in [1.54, 1.807) is 18.3 Å². The molecule has 130 valence electrons. The summed E-state index contributed by atoms with van der Waals surface area (Å²) < 4.78 is 0. The molecule has 1 saturated heterocycles. The molecule has 0 unspecified atom stereocenters. The number of rotatable bonds is 5. The summed E-state index contributed by atoms with van der Waals surface area (Å²) in [6.07, 6.45) is 3.44. The van der Waals surface area contributed by atoms with E-state index in [9.17, 15) is 9.59 Å². The van der Waals surface area contributed by atoms with Crippen molar-refractivity contribution in [3.63, 3.8) is 0 Å². The molecule has 6 nitrogen and oxygen atoms in total. The molecule has 6 heteroatoms. The van der Waals surface area contributed by atoms with Gasteiger partial charge in [0.15, 0.2) is 0 Å². The number of hydrogen-bond donors (Lipinski definition) is 2. The zero-order valence-electron chi connectivity index (χ0n) is 14.0. The van der Waals surface area contributed by atoms with E-state index >= 15 is 0 Å². The van der Waals surface area contributed by atoms with Crippen LogP contribution >= 0.6 is 0 Å². The lowest BCUT2D eigenvalue weighted by Crippen LogP contribution is -2.46. The normalized spacial score (nSPS) is 18.4. The Morgan fingerprint density at radius 3 is 2.60 bits per heavy atom. The molecule has 2 atom stereocenters. The quantitative estimate of drug-likeness (QED) is 0.867. The predicted molar refractivity (Wildman–Crippen MR) is 95.7 cm³/mol. The maximum atomic E-state index is 12.7. The van der Waals surface area contributed by atoms with Crippen LogP contribution in [-0.2, 0) is 9.59 Å². The van der Waals surface area contributed by atoms with Crippen LogP contribution in [0, 0.1) is 5.92 Å². The van der Waals surface area contributed by atoms with Crippen LogP contribution in [0.25, 0.3) is 0 Å². The lowest BCUT2D eigenvalue weighted by atomic mass is 9.96.